The molecule has 1 saturated heterocycles. The predicted octanol–water partition coefficient (Wildman–Crippen LogP) is 3.26. The van der Waals surface area contributed by atoms with E-state index in [0.717, 1.165) is 6.61 Å². The average Bonchev–Trinajstić information content (AvgIpc) is 2.30. The third kappa shape index (κ3) is 2.60. The molecule has 1 N–H and O–H groups in total. The summed E-state index contributed by atoms with van der Waals surface area (Å²) in [4.78, 5) is 0. The minimum atomic E-state index is 0.264. The van der Waals surface area contributed by atoms with Crippen LogP contribution in [-0.2, 0) is 4.74 Å². The van der Waals surface area contributed by atoms with Crippen LogP contribution in [-0.4, -0.2) is 24.3 Å². The SMILES string of the molecule is CCC1(CC)COC2CCCCCCC2N1. The first-order valence-corrected chi connectivity index (χ1v) is 7.19. The summed E-state index contributed by atoms with van der Waals surface area (Å²) in [6.07, 6.45) is 11.0. The highest BCUT2D eigenvalue weighted by Gasteiger charge is 2.38. The van der Waals surface area contributed by atoms with Crippen LogP contribution < -0.4 is 5.32 Å². The summed E-state index contributed by atoms with van der Waals surface area (Å²) in [6.45, 7) is 5.48. The molecule has 2 rings (SSSR count). The fourth-order valence-corrected chi connectivity index (χ4v) is 3.17. The van der Waals surface area contributed by atoms with E-state index in [-0.39, 0.29) is 5.54 Å². The first-order chi connectivity index (χ1) is 7.79. The quantitative estimate of drug-likeness (QED) is 0.779. The van der Waals surface area contributed by atoms with Crippen LogP contribution in [0.25, 0.3) is 0 Å². The van der Waals surface area contributed by atoms with Crippen molar-refractivity contribution in [2.45, 2.75) is 82.9 Å². The molecule has 0 radical (unpaired) electrons. The van der Waals surface area contributed by atoms with Crippen LogP contribution in [0, 0.1) is 0 Å². The maximum absolute atomic E-state index is 6.15. The maximum atomic E-state index is 6.15. The smallest absolute Gasteiger partial charge is 0.0729 e. The summed E-state index contributed by atoms with van der Waals surface area (Å²) in [7, 11) is 0. The molecule has 0 aromatic heterocycles. The molecule has 1 heterocycles. The zero-order valence-corrected chi connectivity index (χ0v) is 10.9. The number of rotatable bonds is 2. The van der Waals surface area contributed by atoms with Crippen molar-refractivity contribution in [3.05, 3.63) is 0 Å². The van der Waals surface area contributed by atoms with Gasteiger partial charge in [0, 0.05) is 11.6 Å². The number of nitrogens with one attached hydrogen (secondary N) is 1. The number of morpholine rings is 1. The molecule has 2 fully saturated rings. The fraction of sp³-hybridized carbons (Fsp3) is 1.00. The van der Waals surface area contributed by atoms with E-state index >= 15 is 0 Å². The Kier molecular flexibility index (Phi) is 4.26. The van der Waals surface area contributed by atoms with Gasteiger partial charge in [-0.05, 0) is 25.7 Å². The minimum absolute atomic E-state index is 0.264. The van der Waals surface area contributed by atoms with Crippen molar-refractivity contribution in [3.63, 3.8) is 0 Å². The van der Waals surface area contributed by atoms with Crippen LogP contribution in [0.15, 0.2) is 0 Å². The van der Waals surface area contributed by atoms with Gasteiger partial charge in [0.1, 0.15) is 0 Å². The average molecular weight is 225 g/mol. The van der Waals surface area contributed by atoms with Gasteiger partial charge in [-0.3, -0.25) is 0 Å². The molecule has 1 aliphatic carbocycles. The van der Waals surface area contributed by atoms with Gasteiger partial charge in [-0.15, -0.1) is 0 Å². The minimum Gasteiger partial charge on any atom is -0.375 e. The van der Waals surface area contributed by atoms with Gasteiger partial charge >= 0.3 is 0 Å². The second-order valence-corrected chi connectivity index (χ2v) is 5.58. The van der Waals surface area contributed by atoms with Crippen LogP contribution in [0.2, 0.25) is 0 Å². The first-order valence-electron chi connectivity index (χ1n) is 7.19. The van der Waals surface area contributed by atoms with E-state index in [1.807, 2.05) is 0 Å². The van der Waals surface area contributed by atoms with Crippen molar-refractivity contribution < 1.29 is 4.74 Å². The second-order valence-electron chi connectivity index (χ2n) is 5.58. The van der Waals surface area contributed by atoms with Gasteiger partial charge in [0.2, 0.25) is 0 Å². The molecule has 0 bridgehead atoms. The summed E-state index contributed by atoms with van der Waals surface area (Å²) >= 11 is 0. The van der Waals surface area contributed by atoms with Crippen LogP contribution >= 0.6 is 0 Å². The highest BCUT2D eigenvalue weighted by molar-refractivity contribution is 4.96. The van der Waals surface area contributed by atoms with Gasteiger partial charge in [-0.1, -0.05) is 39.5 Å². The van der Waals surface area contributed by atoms with E-state index in [9.17, 15) is 0 Å². The van der Waals surface area contributed by atoms with Crippen LogP contribution in [0.1, 0.15) is 65.2 Å². The molecule has 2 unspecified atom stereocenters. The van der Waals surface area contributed by atoms with Crippen molar-refractivity contribution in [1.29, 1.82) is 0 Å². The Morgan fingerprint density at radius 1 is 1.06 bits per heavy atom. The Morgan fingerprint density at radius 3 is 2.44 bits per heavy atom. The number of hydrogen-bond donors (Lipinski definition) is 1. The summed E-state index contributed by atoms with van der Waals surface area (Å²) in [5, 5.41) is 3.91. The molecule has 2 aliphatic rings. The van der Waals surface area contributed by atoms with E-state index in [0.29, 0.717) is 12.1 Å². The maximum Gasteiger partial charge on any atom is 0.0729 e. The Morgan fingerprint density at radius 2 is 1.75 bits per heavy atom. The summed E-state index contributed by atoms with van der Waals surface area (Å²) < 4.78 is 6.15. The Balaban J connectivity index is 1.99. The first kappa shape index (κ1) is 12.4. The lowest BCUT2D eigenvalue weighted by atomic mass is 9.85. The van der Waals surface area contributed by atoms with Crippen molar-refractivity contribution >= 4 is 0 Å². The number of hydrogen-bond acceptors (Lipinski definition) is 2. The molecule has 2 heteroatoms. The monoisotopic (exact) mass is 225 g/mol. The molecular weight excluding hydrogens is 198 g/mol. The standard InChI is InChI=1S/C14H27NO/c1-3-14(4-2)11-16-13-10-8-6-5-7-9-12(13)15-14/h12-13,15H,3-11H2,1-2H3. The molecular formula is C14H27NO. The van der Waals surface area contributed by atoms with Gasteiger partial charge in [-0.2, -0.15) is 0 Å². The lowest BCUT2D eigenvalue weighted by molar-refractivity contribution is -0.0736. The molecule has 1 aliphatic heterocycles. The molecule has 2 atom stereocenters. The van der Waals surface area contributed by atoms with E-state index in [4.69, 9.17) is 4.74 Å². The third-order valence-electron chi connectivity index (χ3n) is 4.62. The van der Waals surface area contributed by atoms with Gasteiger partial charge in [0.05, 0.1) is 12.7 Å². The lowest BCUT2D eigenvalue weighted by Crippen LogP contribution is -2.62. The van der Waals surface area contributed by atoms with E-state index in [2.05, 4.69) is 19.2 Å². The molecule has 0 aromatic rings. The van der Waals surface area contributed by atoms with Crippen molar-refractivity contribution in [3.8, 4) is 0 Å². The van der Waals surface area contributed by atoms with Crippen LogP contribution in [0.4, 0.5) is 0 Å². The van der Waals surface area contributed by atoms with E-state index in [1.54, 1.807) is 0 Å². The Labute approximate surface area is 100 Å². The Bertz CT molecular complexity index is 213. The molecule has 1 saturated carbocycles. The molecule has 0 amide bonds. The normalized spacial score (nSPS) is 34.9. The third-order valence-corrected chi connectivity index (χ3v) is 4.62. The zero-order valence-electron chi connectivity index (χ0n) is 10.9. The zero-order chi connectivity index (χ0) is 11.4. The second kappa shape index (κ2) is 5.50. The van der Waals surface area contributed by atoms with E-state index in [1.165, 1.54) is 51.4 Å². The van der Waals surface area contributed by atoms with Gasteiger partial charge in [-0.25, -0.2) is 0 Å². The number of fused-ring (bicyclic) bond motifs is 1. The topological polar surface area (TPSA) is 21.3 Å². The van der Waals surface area contributed by atoms with Gasteiger partial charge < -0.3 is 10.1 Å². The Hall–Kier alpha value is -0.0800. The summed E-state index contributed by atoms with van der Waals surface area (Å²) in [5.74, 6) is 0. The molecule has 2 nitrogen and oxygen atoms in total. The van der Waals surface area contributed by atoms with Crippen LogP contribution in [0.5, 0.6) is 0 Å². The molecule has 94 valence electrons. The highest BCUT2D eigenvalue weighted by Crippen LogP contribution is 2.29. The van der Waals surface area contributed by atoms with Crippen LogP contribution in [0.3, 0.4) is 0 Å². The summed E-state index contributed by atoms with van der Waals surface area (Å²) in [5.41, 5.74) is 0.264. The summed E-state index contributed by atoms with van der Waals surface area (Å²) in [6, 6.07) is 0.619. The molecule has 16 heavy (non-hydrogen) atoms. The lowest BCUT2D eigenvalue weighted by Gasteiger charge is -2.46. The highest BCUT2D eigenvalue weighted by atomic mass is 16.5. The van der Waals surface area contributed by atoms with Gasteiger partial charge in [0.15, 0.2) is 0 Å². The fourth-order valence-electron chi connectivity index (χ4n) is 3.17. The molecule has 0 aromatic carbocycles. The van der Waals surface area contributed by atoms with E-state index < -0.39 is 0 Å². The molecule has 0 spiro atoms. The largest absolute Gasteiger partial charge is 0.375 e. The van der Waals surface area contributed by atoms with Crippen molar-refractivity contribution in [2.75, 3.05) is 6.61 Å². The van der Waals surface area contributed by atoms with Crippen molar-refractivity contribution in [2.24, 2.45) is 0 Å². The van der Waals surface area contributed by atoms with Crippen molar-refractivity contribution in [1.82, 2.24) is 5.32 Å². The predicted molar refractivity (Wildman–Crippen MR) is 67.7 cm³/mol. The van der Waals surface area contributed by atoms with Gasteiger partial charge in [0.25, 0.3) is 0 Å². The number of ether oxygens (including phenoxy) is 1.